The van der Waals surface area contributed by atoms with E-state index < -0.39 is 0 Å². The SMILES string of the molecule is CCSCCC(C#N)Nc1ccc(Cl)c(Br)c1. The Morgan fingerprint density at radius 1 is 1.59 bits per heavy atom. The molecule has 2 nitrogen and oxygen atoms in total. The maximum atomic E-state index is 9.05. The van der Waals surface area contributed by atoms with Gasteiger partial charge in [-0.15, -0.1) is 0 Å². The Morgan fingerprint density at radius 2 is 2.35 bits per heavy atom. The Hall–Kier alpha value is -0.370. The van der Waals surface area contributed by atoms with E-state index in [9.17, 15) is 0 Å². The molecule has 0 aromatic heterocycles. The van der Waals surface area contributed by atoms with Crippen molar-refractivity contribution < 1.29 is 0 Å². The highest BCUT2D eigenvalue weighted by atomic mass is 79.9. The Kier molecular flexibility index (Phi) is 6.79. The molecule has 1 aromatic rings. The van der Waals surface area contributed by atoms with Crippen LogP contribution in [0, 0.1) is 11.3 Å². The van der Waals surface area contributed by atoms with Gasteiger partial charge in [0.1, 0.15) is 6.04 Å². The fraction of sp³-hybridized carbons (Fsp3) is 0.417. The molecule has 1 aromatic carbocycles. The van der Waals surface area contributed by atoms with Crippen molar-refractivity contribution in [1.29, 1.82) is 5.26 Å². The summed E-state index contributed by atoms with van der Waals surface area (Å²) >= 11 is 11.1. The number of nitrogens with one attached hydrogen (secondary N) is 1. The van der Waals surface area contributed by atoms with Gasteiger partial charge in [-0.3, -0.25) is 0 Å². The van der Waals surface area contributed by atoms with Gasteiger partial charge < -0.3 is 5.32 Å². The van der Waals surface area contributed by atoms with Gasteiger partial charge in [0.25, 0.3) is 0 Å². The number of nitrogens with zero attached hydrogens (tertiary/aromatic N) is 1. The van der Waals surface area contributed by atoms with Crippen molar-refractivity contribution in [1.82, 2.24) is 0 Å². The van der Waals surface area contributed by atoms with Crippen molar-refractivity contribution >= 4 is 45.0 Å². The van der Waals surface area contributed by atoms with E-state index in [0.29, 0.717) is 5.02 Å². The lowest BCUT2D eigenvalue weighted by Gasteiger charge is -2.13. The summed E-state index contributed by atoms with van der Waals surface area (Å²) in [5.41, 5.74) is 0.911. The minimum Gasteiger partial charge on any atom is -0.370 e. The summed E-state index contributed by atoms with van der Waals surface area (Å²) in [6.07, 6.45) is 0.843. The molecule has 0 bridgehead atoms. The van der Waals surface area contributed by atoms with Crippen LogP contribution in [-0.2, 0) is 0 Å². The average molecular weight is 334 g/mol. The molecular weight excluding hydrogens is 320 g/mol. The first-order valence-corrected chi connectivity index (χ1v) is 7.69. The van der Waals surface area contributed by atoms with Gasteiger partial charge in [-0.2, -0.15) is 17.0 Å². The van der Waals surface area contributed by atoms with Crippen LogP contribution in [0.15, 0.2) is 22.7 Å². The topological polar surface area (TPSA) is 35.8 Å². The first-order valence-electron chi connectivity index (χ1n) is 5.36. The minimum absolute atomic E-state index is 0.151. The second-order valence-electron chi connectivity index (χ2n) is 3.44. The van der Waals surface area contributed by atoms with E-state index in [-0.39, 0.29) is 6.04 Å². The first-order chi connectivity index (χ1) is 8.17. The lowest BCUT2D eigenvalue weighted by atomic mass is 10.2. The molecule has 0 aliphatic rings. The van der Waals surface area contributed by atoms with Crippen LogP contribution in [0.3, 0.4) is 0 Å². The predicted octanol–water partition coefficient (Wildman–Crippen LogP) is 4.55. The maximum absolute atomic E-state index is 9.05. The lowest BCUT2D eigenvalue weighted by Crippen LogP contribution is -2.18. The number of nitriles is 1. The van der Waals surface area contributed by atoms with Crippen LogP contribution in [0.25, 0.3) is 0 Å². The third-order valence-electron chi connectivity index (χ3n) is 2.17. The van der Waals surface area contributed by atoms with Crippen LogP contribution in [0.1, 0.15) is 13.3 Å². The summed E-state index contributed by atoms with van der Waals surface area (Å²) in [4.78, 5) is 0. The third kappa shape index (κ3) is 5.20. The summed E-state index contributed by atoms with van der Waals surface area (Å²) in [7, 11) is 0. The second-order valence-corrected chi connectivity index (χ2v) is 6.10. The van der Waals surface area contributed by atoms with Crippen LogP contribution >= 0.6 is 39.3 Å². The number of hydrogen-bond acceptors (Lipinski definition) is 3. The average Bonchev–Trinajstić information content (AvgIpc) is 2.32. The largest absolute Gasteiger partial charge is 0.370 e. The zero-order chi connectivity index (χ0) is 12.7. The van der Waals surface area contributed by atoms with Crippen molar-refractivity contribution in [3.63, 3.8) is 0 Å². The fourth-order valence-electron chi connectivity index (χ4n) is 1.30. The Balaban J connectivity index is 2.55. The summed E-state index contributed by atoms with van der Waals surface area (Å²) < 4.78 is 0.837. The predicted molar refractivity (Wildman–Crippen MR) is 79.8 cm³/mol. The molecule has 0 aliphatic heterocycles. The molecule has 1 atom stereocenters. The molecule has 0 radical (unpaired) electrons. The van der Waals surface area contributed by atoms with Gasteiger partial charge in [0, 0.05) is 10.2 Å². The number of anilines is 1. The summed E-state index contributed by atoms with van der Waals surface area (Å²) in [5.74, 6) is 2.08. The molecule has 0 spiro atoms. The van der Waals surface area contributed by atoms with Crippen LogP contribution < -0.4 is 5.32 Å². The van der Waals surface area contributed by atoms with E-state index in [1.54, 1.807) is 0 Å². The van der Waals surface area contributed by atoms with E-state index in [1.807, 2.05) is 30.0 Å². The van der Waals surface area contributed by atoms with Gasteiger partial charge >= 0.3 is 0 Å². The molecule has 0 amide bonds. The summed E-state index contributed by atoms with van der Waals surface area (Å²) in [6, 6.07) is 7.70. The van der Waals surface area contributed by atoms with Gasteiger partial charge in [-0.25, -0.2) is 0 Å². The number of thioether (sulfide) groups is 1. The highest BCUT2D eigenvalue weighted by molar-refractivity contribution is 9.10. The second kappa shape index (κ2) is 7.86. The highest BCUT2D eigenvalue weighted by Gasteiger charge is 2.07. The molecule has 0 aliphatic carbocycles. The number of halogens is 2. The minimum atomic E-state index is -0.151. The molecule has 1 N–H and O–H groups in total. The Morgan fingerprint density at radius 3 is 2.94 bits per heavy atom. The first kappa shape index (κ1) is 14.7. The van der Waals surface area contributed by atoms with Crippen molar-refractivity contribution in [3.8, 4) is 6.07 Å². The standard InChI is InChI=1S/C12H14BrClN2S/c1-2-17-6-5-10(8-15)16-9-3-4-12(14)11(13)7-9/h3-4,7,10,16H,2,5-6H2,1H3. The van der Waals surface area contributed by atoms with Gasteiger partial charge in [0.15, 0.2) is 0 Å². The number of rotatable bonds is 6. The zero-order valence-corrected chi connectivity index (χ0v) is 12.7. The Bertz CT molecular complexity index is 406. The van der Waals surface area contributed by atoms with E-state index in [1.165, 1.54) is 0 Å². The van der Waals surface area contributed by atoms with Crippen LogP contribution in [0.2, 0.25) is 5.02 Å². The van der Waals surface area contributed by atoms with Crippen LogP contribution in [0.4, 0.5) is 5.69 Å². The van der Waals surface area contributed by atoms with E-state index >= 15 is 0 Å². The molecule has 0 heterocycles. The quantitative estimate of drug-likeness (QED) is 0.776. The van der Waals surface area contributed by atoms with E-state index in [4.69, 9.17) is 16.9 Å². The lowest BCUT2D eigenvalue weighted by molar-refractivity contribution is 0.854. The van der Waals surface area contributed by atoms with Gasteiger partial charge in [-0.1, -0.05) is 18.5 Å². The van der Waals surface area contributed by atoms with Gasteiger partial charge in [0.05, 0.1) is 11.1 Å². The van der Waals surface area contributed by atoms with Crippen molar-refractivity contribution in [2.45, 2.75) is 19.4 Å². The van der Waals surface area contributed by atoms with Gasteiger partial charge in [0.2, 0.25) is 0 Å². The fourth-order valence-corrected chi connectivity index (χ4v) is 2.49. The van der Waals surface area contributed by atoms with E-state index in [2.05, 4.69) is 34.2 Å². The highest BCUT2D eigenvalue weighted by Crippen LogP contribution is 2.26. The smallest absolute Gasteiger partial charge is 0.115 e. The normalized spacial score (nSPS) is 11.9. The molecular formula is C12H14BrClN2S. The third-order valence-corrected chi connectivity index (χ3v) is 4.32. The number of benzene rings is 1. The molecule has 92 valence electrons. The molecule has 0 saturated carbocycles. The monoisotopic (exact) mass is 332 g/mol. The molecule has 5 heteroatoms. The van der Waals surface area contributed by atoms with E-state index in [0.717, 1.165) is 28.1 Å². The summed E-state index contributed by atoms with van der Waals surface area (Å²) in [6.45, 7) is 2.12. The molecule has 1 unspecified atom stereocenters. The Labute approximate surface area is 120 Å². The number of hydrogen-bond donors (Lipinski definition) is 1. The van der Waals surface area contributed by atoms with Crippen molar-refractivity contribution in [2.24, 2.45) is 0 Å². The van der Waals surface area contributed by atoms with Crippen LogP contribution in [-0.4, -0.2) is 17.5 Å². The van der Waals surface area contributed by atoms with Gasteiger partial charge in [-0.05, 0) is 52.1 Å². The van der Waals surface area contributed by atoms with Crippen molar-refractivity contribution in [3.05, 3.63) is 27.7 Å². The molecule has 0 saturated heterocycles. The van der Waals surface area contributed by atoms with Crippen molar-refractivity contribution in [2.75, 3.05) is 16.8 Å². The molecule has 17 heavy (non-hydrogen) atoms. The molecule has 0 fully saturated rings. The zero-order valence-electron chi connectivity index (χ0n) is 9.54. The maximum Gasteiger partial charge on any atom is 0.115 e. The summed E-state index contributed by atoms with van der Waals surface area (Å²) in [5, 5.41) is 12.9. The molecule has 1 rings (SSSR count). The van der Waals surface area contributed by atoms with Crippen LogP contribution in [0.5, 0.6) is 0 Å².